The molecule has 1 amide bonds. The molecular weight excluding hydrogens is 238 g/mol. The first-order valence-corrected chi connectivity index (χ1v) is 8.04. The number of hydrogen-bond donors (Lipinski definition) is 1. The van der Waals surface area contributed by atoms with Crippen LogP contribution in [0.25, 0.3) is 0 Å². The Morgan fingerprint density at radius 3 is 2.42 bits per heavy atom. The summed E-state index contributed by atoms with van der Waals surface area (Å²) in [7, 11) is 0. The van der Waals surface area contributed by atoms with Gasteiger partial charge in [-0.05, 0) is 51.6 Å². The number of likely N-dealkylation sites (tertiary alicyclic amines) is 2. The molecule has 0 radical (unpaired) electrons. The first kappa shape index (κ1) is 13.4. The van der Waals surface area contributed by atoms with Gasteiger partial charge in [-0.25, -0.2) is 0 Å². The lowest BCUT2D eigenvalue weighted by molar-refractivity contribution is -0.137. The minimum Gasteiger partial charge on any atom is -0.341 e. The zero-order valence-electron chi connectivity index (χ0n) is 11.9. The summed E-state index contributed by atoms with van der Waals surface area (Å²) in [4.78, 5) is 17.3. The van der Waals surface area contributed by atoms with Crippen LogP contribution in [0.3, 0.4) is 0 Å². The van der Waals surface area contributed by atoms with Crippen LogP contribution in [0.5, 0.6) is 0 Å². The van der Waals surface area contributed by atoms with Crippen molar-refractivity contribution >= 4 is 5.91 Å². The highest BCUT2D eigenvalue weighted by Gasteiger charge is 2.36. The molecule has 4 heteroatoms. The van der Waals surface area contributed by atoms with Crippen molar-refractivity contribution in [1.82, 2.24) is 9.80 Å². The average molecular weight is 265 g/mol. The molecule has 0 spiro atoms. The Hall–Kier alpha value is -0.610. The second kappa shape index (κ2) is 5.80. The third kappa shape index (κ3) is 2.79. The second-order valence-electron chi connectivity index (χ2n) is 6.52. The molecule has 0 bridgehead atoms. The van der Waals surface area contributed by atoms with Gasteiger partial charge in [-0.3, -0.25) is 9.69 Å². The van der Waals surface area contributed by atoms with Crippen LogP contribution < -0.4 is 5.73 Å². The molecule has 1 saturated carbocycles. The van der Waals surface area contributed by atoms with Crippen LogP contribution in [0.4, 0.5) is 0 Å². The smallest absolute Gasteiger partial charge is 0.227 e. The van der Waals surface area contributed by atoms with Crippen LogP contribution in [-0.2, 0) is 4.79 Å². The second-order valence-corrected chi connectivity index (χ2v) is 6.52. The number of amides is 1. The minimum atomic E-state index is 0.109. The molecule has 2 saturated heterocycles. The van der Waals surface area contributed by atoms with E-state index >= 15 is 0 Å². The molecule has 0 aromatic heterocycles. The normalized spacial score (nSPS) is 36.9. The molecule has 3 rings (SSSR count). The molecule has 3 aliphatic rings. The Morgan fingerprint density at radius 2 is 1.74 bits per heavy atom. The number of hydrogen-bond acceptors (Lipinski definition) is 3. The highest BCUT2D eigenvalue weighted by atomic mass is 16.2. The molecular formula is C15H27N3O. The number of carbonyl (C=O) groups is 1. The predicted molar refractivity (Wildman–Crippen MR) is 75.7 cm³/mol. The van der Waals surface area contributed by atoms with Crippen LogP contribution in [0.1, 0.15) is 44.9 Å². The van der Waals surface area contributed by atoms with E-state index in [0.29, 0.717) is 11.9 Å². The van der Waals surface area contributed by atoms with E-state index in [-0.39, 0.29) is 12.0 Å². The molecule has 0 unspecified atom stereocenters. The van der Waals surface area contributed by atoms with Crippen LogP contribution in [0.2, 0.25) is 0 Å². The maximum atomic E-state index is 12.6. The maximum Gasteiger partial charge on any atom is 0.227 e. The summed E-state index contributed by atoms with van der Waals surface area (Å²) in [6.45, 7) is 4.36. The van der Waals surface area contributed by atoms with Gasteiger partial charge in [0.15, 0.2) is 0 Å². The van der Waals surface area contributed by atoms with Crippen molar-refractivity contribution < 1.29 is 4.79 Å². The molecule has 108 valence electrons. The molecule has 3 atom stereocenters. The van der Waals surface area contributed by atoms with Crippen molar-refractivity contribution in [2.75, 3.05) is 26.2 Å². The molecule has 1 aliphatic carbocycles. The van der Waals surface area contributed by atoms with E-state index in [9.17, 15) is 4.79 Å². The van der Waals surface area contributed by atoms with E-state index in [4.69, 9.17) is 5.73 Å². The Kier molecular flexibility index (Phi) is 4.08. The molecule has 19 heavy (non-hydrogen) atoms. The van der Waals surface area contributed by atoms with Gasteiger partial charge in [0, 0.05) is 25.2 Å². The van der Waals surface area contributed by atoms with E-state index in [1.54, 1.807) is 0 Å². The lowest BCUT2D eigenvalue weighted by Gasteiger charge is -2.39. The van der Waals surface area contributed by atoms with E-state index in [2.05, 4.69) is 9.80 Å². The maximum absolute atomic E-state index is 12.6. The number of nitrogens with two attached hydrogens (primary N) is 1. The highest BCUT2D eigenvalue weighted by molar-refractivity contribution is 5.80. The van der Waals surface area contributed by atoms with Gasteiger partial charge in [-0.1, -0.05) is 6.42 Å². The van der Waals surface area contributed by atoms with Gasteiger partial charge in [0.1, 0.15) is 0 Å². The summed E-state index contributed by atoms with van der Waals surface area (Å²) in [5, 5.41) is 0. The lowest BCUT2D eigenvalue weighted by atomic mass is 9.98. The lowest BCUT2D eigenvalue weighted by Crippen LogP contribution is -2.51. The topological polar surface area (TPSA) is 49.6 Å². The standard InChI is InChI=1S/C15H27N3O/c16-14-7-3-6-13(14)15(19)18-10-4-5-12(11-18)17-8-1-2-9-17/h12-14H,1-11,16H2/t12-,13-,14-/m1/s1. The van der Waals surface area contributed by atoms with Gasteiger partial charge in [0.25, 0.3) is 0 Å². The van der Waals surface area contributed by atoms with Crippen molar-refractivity contribution in [2.45, 2.75) is 57.0 Å². The zero-order valence-corrected chi connectivity index (χ0v) is 11.9. The van der Waals surface area contributed by atoms with Gasteiger partial charge in [0.2, 0.25) is 5.91 Å². The summed E-state index contributed by atoms with van der Waals surface area (Å²) in [5.74, 6) is 0.450. The molecule has 2 heterocycles. The third-order valence-electron chi connectivity index (χ3n) is 5.25. The Labute approximate surface area is 116 Å². The Morgan fingerprint density at radius 1 is 0.947 bits per heavy atom. The summed E-state index contributed by atoms with van der Waals surface area (Å²) in [6.07, 6.45) is 8.25. The van der Waals surface area contributed by atoms with Gasteiger partial charge < -0.3 is 10.6 Å². The summed E-state index contributed by atoms with van der Waals surface area (Å²) in [6, 6.07) is 0.720. The van der Waals surface area contributed by atoms with E-state index in [0.717, 1.165) is 38.8 Å². The molecule has 2 aliphatic heterocycles. The van der Waals surface area contributed by atoms with Crippen LogP contribution in [-0.4, -0.2) is 54.0 Å². The van der Waals surface area contributed by atoms with Crippen LogP contribution in [0.15, 0.2) is 0 Å². The zero-order chi connectivity index (χ0) is 13.2. The average Bonchev–Trinajstić information content (AvgIpc) is 3.09. The fraction of sp³-hybridized carbons (Fsp3) is 0.933. The fourth-order valence-corrected chi connectivity index (χ4v) is 4.09. The van der Waals surface area contributed by atoms with E-state index in [1.807, 2.05) is 0 Å². The fourth-order valence-electron chi connectivity index (χ4n) is 4.09. The van der Waals surface area contributed by atoms with Gasteiger partial charge in [0.05, 0.1) is 5.92 Å². The SMILES string of the molecule is N[C@@H]1CCC[C@H]1C(=O)N1CCC[C@@H](N2CCCC2)C1. The van der Waals surface area contributed by atoms with E-state index in [1.165, 1.54) is 32.4 Å². The minimum absolute atomic E-state index is 0.109. The third-order valence-corrected chi connectivity index (χ3v) is 5.25. The van der Waals surface area contributed by atoms with Crippen molar-refractivity contribution in [2.24, 2.45) is 11.7 Å². The molecule has 2 N–H and O–H groups in total. The summed E-state index contributed by atoms with van der Waals surface area (Å²) >= 11 is 0. The van der Waals surface area contributed by atoms with Gasteiger partial charge >= 0.3 is 0 Å². The highest BCUT2D eigenvalue weighted by Crippen LogP contribution is 2.28. The van der Waals surface area contributed by atoms with Crippen LogP contribution in [0, 0.1) is 5.92 Å². The Balaban J connectivity index is 1.59. The molecule has 0 aromatic carbocycles. The van der Waals surface area contributed by atoms with Gasteiger partial charge in [-0.2, -0.15) is 0 Å². The van der Waals surface area contributed by atoms with Crippen molar-refractivity contribution in [1.29, 1.82) is 0 Å². The monoisotopic (exact) mass is 265 g/mol. The Bertz CT molecular complexity index is 327. The van der Waals surface area contributed by atoms with Crippen LogP contribution >= 0.6 is 0 Å². The summed E-state index contributed by atoms with van der Waals surface area (Å²) in [5.41, 5.74) is 6.09. The quantitative estimate of drug-likeness (QED) is 0.816. The number of carbonyl (C=O) groups excluding carboxylic acids is 1. The van der Waals surface area contributed by atoms with E-state index < -0.39 is 0 Å². The number of rotatable bonds is 2. The molecule has 4 nitrogen and oxygen atoms in total. The van der Waals surface area contributed by atoms with Crippen molar-refractivity contribution in [3.8, 4) is 0 Å². The first-order valence-electron chi connectivity index (χ1n) is 8.04. The summed E-state index contributed by atoms with van der Waals surface area (Å²) < 4.78 is 0. The molecule has 3 fully saturated rings. The van der Waals surface area contributed by atoms with Crippen molar-refractivity contribution in [3.63, 3.8) is 0 Å². The van der Waals surface area contributed by atoms with Gasteiger partial charge in [-0.15, -0.1) is 0 Å². The molecule has 0 aromatic rings. The number of nitrogens with zero attached hydrogens (tertiary/aromatic N) is 2. The first-order chi connectivity index (χ1) is 9.25. The largest absolute Gasteiger partial charge is 0.341 e. The predicted octanol–water partition coefficient (Wildman–Crippen LogP) is 1.20. The van der Waals surface area contributed by atoms with Crippen molar-refractivity contribution in [3.05, 3.63) is 0 Å². The number of piperidine rings is 1.